The number of hydrogen-bond acceptors (Lipinski definition) is 5. The molecule has 9 heteroatoms. The first-order valence-electron chi connectivity index (χ1n) is 11.6. The van der Waals surface area contributed by atoms with Gasteiger partial charge in [0.25, 0.3) is 0 Å². The van der Waals surface area contributed by atoms with Crippen LogP contribution >= 0.6 is 0 Å². The van der Waals surface area contributed by atoms with Crippen LogP contribution in [0.1, 0.15) is 40.2 Å². The lowest BCUT2D eigenvalue weighted by molar-refractivity contribution is -0.123. The molecule has 0 radical (unpaired) electrons. The third-order valence-electron chi connectivity index (χ3n) is 5.28. The number of carbonyl (C=O) groups is 3. The molecular weight excluding hydrogens is 422 g/mol. The van der Waals surface area contributed by atoms with E-state index in [1.807, 2.05) is 65.0 Å². The van der Waals surface area contributed by atoms with Crippen molar-refractivity contribution in [3.63, 3.8) is 0 Å². The Bertz CT molecular complexity index is 771. The molecule has 1 saturated heterocycles. The molecule has 0 spiro atoms. The van der Waals surface area contributed by atoms with Crippen molar-refractivity contribution in [3.8, 4) is 0 Å². The van der Waals surface area contributed by atoms with Crippen LogP contribution < -0.4 is 16.0 Å². The summed E-state index contributed by atoms with van der Waals surface area (Å²) in [6.07, 6.45) is -0.285. The van der Waals surface area contributed by atoms with Gasteiger partial charge in [0.1, 0.15) is 11.6 Å². The fourth-order valence-corrected chi connectivity index (χ4v) is 3.43. The van der Waals surface area contributed by atoms with E-state index in [0.717, 1.165) is 18.7 Å². The van der Waals surface area contributed by atoms with E-state index in [1.165, 1.54) is 0 Å². The molecule has 0 bridgehead atoms. The molecule has 0 aliphatic carbocycles. The Kier molecular flexibility index (Phi) is 9.96. The van der Waals surface area contributed by atoms with Gasteiger partial charge in [-0.3, -0.25) is 9.69 Å². The van der Waals surface area contributed by atoms with Crippen molar-refractivity contribution in [2.45, 2.75) is 52.8 Å². The highest BCUT2D eigenvalue weighted by molar-refractivity contribution is 5.87. The molecule has 1 unspecified atom stereocenters. The predicted octanol–water partition coefficient (Wildman–Crippen LogP) is 2.18. The molecule has 1 aliphatic heterocycles. The first-order valence-corrected chi connectivity index (χ1v) is 11.6. The largest absolute Gasteiger partial charge is 0.444 e. The smallest absolute Gasteiger partial charge is 0.410 e. The SMILES string of the molecule is CC(C)C(NC(=O)NCc1ccccc1)C(=O)NCCN1CCN(C(=O)OC(C)(C)C)CC1. The van der Waals surface area contributed by atoms with E-state index in [-0.39, 0.29) is 23.9 Å². The van der Waals surface area contributed by atoms with Gasteiger partial charge in [0.15, 0.2) is 0 Å². The first kappa shape index (κ1) is 26.4. The molecule has 2 rings (SSSR count). The standard InChI is InChI=1S/C24H39N5O4/c1-18(2)20(27-22(31)26-17-19-9-7-6-8-10-19)21(30)25-11-12-28-13-15-29(16-14-28)23(32)33-24(3,4)5/h6-10,18,20H,11-17H2,1-5H3,(H,25,30)(H2,26,27,31). The second kappa shape index (κ2) is 12.4. The van der Waals surface area contributed by atoms with E-state index >= 15 is 0 Å². The van der Waals surface area contributed by atoms with E-state index < -0.39 is 11.6 Å². The maximum Gasteiger partial charge on any atom is 0.410 e. The van der Waals surface area contributed by atoms with Crippen LogP contribution in [0, 0.1) is 5.92 Å². The molecule has 3 N–H and O–H groups in total. The van der Waals surface area contributed by atoms with Crippen LogP contribution in [0.25, 0.3) is 0 Å². The van der Waals surface area contributed by atoms with Gasteiger partial charge < -0.3 is 25.6 Å². The van der Waals surface area contributed by atoms with Gasteiger partial charge >= 0.3 is 12.1 Å². The molecule has 4 amide bonds. The van der Waals surface area contributed by atoms with E-state index in [4.69, 9.17) is 4.74 Å². The van der Waals surface area contributed by atoms with E-state index in [1.54, 1.807) is 4.90 Å². The minimum atomic E-state index is -0.621. The minimum Gasteiger partial charge on any atom is -0.444 e. The van der Waals surface area contributed by atoms with Gasteiger partial charge in [0.2, 0.25) is 5.91 Å². The Morgan fingerprint density at radius 2 is 1.64 bits per heavy atom. The number of piperazine rings is 1. The number of urea groups is 1. The van der Waals surface area contributed by atoms with Crippen molar-refractivity contribution in [1.82, 2.24) is 25.8 Å². The van der Waals surface area contributed by atoms with Crippen LogP contribution in [-0.2, 0) is 16.1 Å². The minimum absolute atomic E-state index is 0.0511. The maximum absolute atomic E-state index is 12.7. The zero-order chi connectivity index (χ0) is 24.4. The molecule has 0 saturated carbocycles. The highest BCUT2D eigenvalue weighted by Crippen LogP contribution is 2.11. The molecule has 1 atom stereocenters. The van der Waals surface area contributed by atoms with Crippen LogP contribution in [0.4, 0.5) is 9.59 Å². The van der Waals surface area contributed by atoms with E-state index in [0.29, 0.717) is 32.7 Å². The summed E-state index contributed by atoms with van der Waals surface area (Å²) in [4.78, 5) is 41.0. The van der Waals surface area contributed by atoms with Gasteiger partial charge in [-0.25, -0.2) is 9.59 Å². The summed E-state index contributed by atoms with van der Waals surface area (Å²) in [5.74, 6) is -0.253. The molecule has 184 valence electrons. The number of benzene rings is 1. The van der Waals surface area contributed by atoms with Crippen molar-refractivity contribution in [3.05, 3.63) is 35.9 Å². The Morgan fingerprint density at radius 1 is 1.00 bits per heavy atom. The summed E-state index contributed by atoms with van der Waals surface area (Å²) >= 11 is 0. The Morgan fingerprint density at radius 3 is 2.21 bits per heavy atom. The van der Waals surface area contributed by atoms with Gasteiger partial charge in [-0.15, -0.1) is 0 Å². The topological polar surface area (TPSA) is 103 Å². The van der Waals surface area contributed by atoms with Crippen molar-refractivity contribution in [2.75, 3.05) is 39.3 Å². The van der Waals surface area contributed by atoms with Gasteiger partial charge in [0, 0.05) is 45.8 Å². The van der Waals surface area contributed by atoms with Gasteiger partial charge in [-0.05, 0) is 32.3 Å². The third kappa shape index (κ3) is 9.69. The second-order valence-electron chi connectivity index (χ2n) is 9.63. The fraction of sp³-hybridized carbons (Fsp3) is 0.625. The molecule has 0 aromatic heterocycles. The van der Waals surface area contributed by atoms with Crippen LogP contribution in [-0.4, -0.2) is 78.7 Å². The van der Waals surface area contributed by atoms with Crippen LogP contribution in [0.15, 0.2) is 30.3 Å². The van der Waals surface area contributed by atoms with E-state index in [2.05, 4.69) is 20.9 Å². The molecule has 1 fully saturated rings. The summed E-state index contributed by atoms with van der Waals surface area (Å²) in [5, 5.41) is 8.50. The van der Waals surface area contributed by atoms with Gasteiger partial charge in [-0.2, -0.15) is 0 Å². The molecular formula is C24H39N5O4. The quantitative estimate of drug-likeness (QED) is 0.551. The number of nitrogens with zero attached hydrogens (tertiary/aromatic N) is 2. The lowest BCUT2D eigenvalue weighted by atomic mass is 10.0. The molecule has 9 nitrogen and oxygen atoms in total. The van der Waals surface area contributed by atoms with Gasteiger partial charge in [-0.1, -0.05) is 44.2 Å². The summed E-state index contributed by atoms with van der Waals surface area (Å²) in [7, 11) is 0. The Labute approximate surface area is 197 Å². The average Bonchev–Trinajstić information content (AvgIpc) is 2.75. The van der Waals surface area contributed by atoms with Crippen LogP contribution in [0.5, 0.6) is 0 Å². The predicted molar refractivity (Wildman–Crippen MR) is 128 cm³/mol. The van der Waals surface area contributed by atoms with Crippen LogP contribution in [0.2, 0.25) is 0 Å². The second-order valence-corrected chi connectivity index (χ2v) is 9.63. The average molecular weight is 462 g/mol. The molecule has 1 aromatic rings. The molecule has 1 aromatic carbocycles. The van der Waals surface area contributed by atoms with Gasteiger partial charge in [0.05, 0.1) is 0 Å². The lowest BCUT2D eigenvalue weighted by Crippen LogP contribution is -2.54. The summed E-state index contributed by atoms with van der Waals surface area (Å²) in [6, 6.07) is 8.62. The summed E-state index contributed by atoms with van der Waals surface area (Å²) < 4.78 is 5.42. The van der Waals surface area contributed by atoms with Crippen molar-refractivity contribution < 1.29 is 19.1 Å². The zero-order valence-corrected chi connectivity index (χ0v) is 20.5. The number of amides is 4. The molecule has 1 aliphatic rings. The highest BCUT2D eigenvalue weighted by Gasteiger charge is 2.27. The number of rotatable bonds is 8. The Hall–Kier alpha value is -2.81. The Balaban J connectivity index is 1.70. The number of nitrogens with one attached hydrogen (secondary N) is 3. The molecule has 1 heterocycles. The van der Waals surface area contributed by atoms with Crippen LogP contribution in [0.3, 0.4) is 0 Å². The van der Waals surface area contributed by atoms with Crippen molar-refractivity contribution in [2.24, 2.45) is 5.92 Å². The summed E-state index contributed by atoms with van der Waals surface area (Å²) in [5.41, 5.74) is 0.489. The lowest BCUT2D eigenvalue weighted by Gasteiger charge is -2.35. The normalized spacial score (nSPS) is 15.6. The highest BCUT2D eigenvalue weighted by atomic mass is 16.6. The third-order valence-corrected chi connectivity index (χ3v) is 5.28. The van der Waals surface area contributed by atoms with Crippen molar-refractivity contribution >= 4 is 18.0 Å². The number of carbonyl (C=O) groups excluding carboxylic acids is 3. The zero-order valence-electron chi connectivity index (χ0n) is 20.5. The maximum atomic E-state index is 12.7. The number of hydrogen-bond donors (Lipinski definition) is 3. The number of ether oxygens (including phenoxy) is 1. The van der Waals surface area contributed by atoms with E-state index in [9.17, 15) is 14.4 Å². The summed E-state index contributed by atoms with van der Waals surface area (Å²) in [6.45, 7) is 13.6. The fourth-order valence-electron chi connectivity index (χ4n) is 3.43. The monoisotopic (exact) mass is 461 g/mol. The van der Waals surface area contributed by atoms with Crippen molar-refractivity contribution in [1.29, 1.82) is 0 Å². The molecule has 33 heavy (non-hydrogen) atoms. The first-order chi connectivity index (χ1) is 15.5.